The molecule has 0 spiro atoms. The Labute approximate surface area is 226 Å². The number of aromatic nitrogens is 3. The third-order valence-corrected chi connectivity index (χ3v) is 6.72. The number of alkyl halides is 3. The highest BCUT2D eigenvalue weighted by molar-refractivity contribution is 6.00. The summed E-state index contributed by atoms with van der Waals surface area (Å²) in [7, 11) is 1.43. The minimum Gasteiger partial charge on any atom is -0.497 e. The van der Waals surface area contributed by atoms with Crippen LogP contribution < -0.4 is 4.74 Å². The van der Waals surface area contributed by atoms with Crippen molar-refractivity contribution in [2.75, 3.05) is 33.3 Å². The number of carbonyl (C=O) groups is 1. The van der Waals surface area contributed by atoms with Crippen LogP contribution in [0.3, 0.4) is 0 Å². The van der Waals surface area contributed by atoms with Gasteiger partial charge in [-0.25, -0.2) is 31.5 Å². The van der Waals surface area contributed by atoms with Crippen molar-refractivity contribution in [3.05, 3.63) is 82.4 Å². The van der Waals surface area contributed by atoms with Gasteiger partial charge < -0.3 is 9.64 Å². The predicted octanol–water partition coefficient (Wildman–Crippen LogP) is 5.08. The second-order valence-electron chi connectivity index (χ2n) is 9.16. The lowest BCUT2D eigenvalue weighted by molar-refractivity contribution is -0.142. The van der Waals surface area contributed by atoms with Gasteiger partial charge in [0.05, 0.1) is 19.0 Å². The van der Waals surface area contributed by atoms with Crippen molar-refractivity contribution in [3.63, 3.8) is 0 Å². The SMILES string of the molecule is COc1ccc(-c2cc(C(F)(F)F)n3ncc(C(=O)N4CCN(Cc5c(F)c(F)c(F)c(F)c5F)CC4)c3n2)cc1. The predicted molar refractivity (Wildman–Crippen MR) is 127 cm³/mol. The van der Waals surface area contributed by atoms with Crippen molar-refractivity contribution >= 4 is 11.6 Å². The fraction of sp³-hybridized carbons (Fsp3) is 0.269. The lowest BCUT2D eigenvalue weighted by Crippen LogP contribution is -2.48. The number of ether oxygens (including phenoxy) is 1. The van der Waals surface area contributed by atoms with E-state index in [2.05, 4.69) is 10.1 Å². The van der Waals surface area contributed by atoms with Crippen LogP contribution in [0.15, 0.2) is 36.5 Å². The maximum Gasteiger partial charge on any atom is 0.433 e. The summed E-state index contributed by atoms with van der Waals surface area (Å²) in [5.74, 6) is -10.5. The first-order chi connectivity index (χ1) is 19.4. The van der Waals surface area contributed by atoms with E-state index in [1.807, 2.05) is 0 Å². The monoisotopic (exact) mass is 585 g/mol. The van der Waals surface area contributed by atoms with Crippen LogP contribution in [0, 0.1) is 29.1 Å². The summed E-state index contributed by atoms with van der Waals surface area (Å²) >= 11 is 0. The van der Waals surface area contributed by atoms with Gasteiger partial charge in [-0.15, -0.1) is 0 Å². The molecular weight excluding hydrogens is 566 g/mol. The molecule has 216 valence electrons. The van der Waals surface area contributed by atoms with E-state index < -0.39 is 59.0 Å². The van der Waals surface area contributed by atoms with E-state index in [-0.39, 0.29) is 43.1 Å². The van der Waals surface area contributed by atoms with Gasteiger partial charge in [-0.2, -0.15) is 18.3 Å². The molecule has 7 nitrogen and oxygen atoms in total. The van der Waals surface area contributed by atoms with Crippen molar-refractivity contribution in [1.29, 1.82) is 0 Å². The molecule has 1 saturated heterocycles. The van der Waals surface area contributed by atoms with Gasteiger partial charge in [0.1, 0.15) is 11.3 Å². The minimum absolute atomic E-state index is 0.0111. The number of carbonyl (C=O) groups excluding carboxylic acids is 1. The van der Waals surface area contributed by atoms with E-state index in [0.717, 1.165) is 12.3 Å². The van der Waals surface area contributed by atoms with Crippen LogP contribution in [0.2, 0.25) is 0 Å². The fourth-order valence-corrected chi connectivity index (χ4v) is 4.52. The standard InChI is InChI=1S/C26H19F8N5O2/c1-41-14-4-2-13(3-5-14)17-10-18(26(32,33)34)39-24(36-17)15(11-35-39)25(40)38-8-6-37(7-9-38)12-16-19(27)21(29)23(31)22(30)20(16)28/h2-5,10-11H,6-9,12H2,1H3. The van der Waals surface area contributed by atoms with Crippen LogP contribution in [0.1, 0.15) is 21.6 Å². The zero-order chi connectivity index (χ0) is 29.6. The normalized spacial score (nSPS) is 14.6. The number of methoxy groups -OCH3 is 1. The van der Waals surface area contributed by atoms with E-state index in [1.54, 1.807) is 12.1 Å². The van der Waals surface area contributed by atoms with Crippen molar-refractivity contribution in [1.82, 2.24) is 24.4 Å². The second-order valence-corrected chi connectivity index (χ2v) is 9.16. The number of hydrogen-bond donors (Lipinski definition) is 0. The maximum atomic E-state index is 14.1. The molecule has 0 atom stereocenters. The number of hydrogen-bond acceptors (Lipinski definition) is 5. The summed E-state index contributed by atoms with van der Waals surface area (Å²) in [6, 6.07) is 6.93. The topological polar surface area (TPSA) is 63.0 Å². The van der Waals surface area contributed by atoms with Crippen LogP contribution in [0.25, 0.3) is 16.9 Å². The van der Waals surface area contributed by atoms with Crippen LogP contribution in [-0.4, -0.2) is 63.6 Å². The van der Waals surface area contributed by atoms with E-state index in [1.165, 1.54) is 29.0 Å². The lowest BCUT2D eigenvalue weighted by atomic mass is 10.1. The smallest absolute Gasteiger partial charge is 0.433 e. The first kappa shape index (κ1) is 28.3. The highest BCUT2D eigenvalue weighted by atomic mass is 19.4. The van der Waals surface area contributed by atoms with Gasteiger partial charge in [-0.3, -0.25) is 9.69 Å². The Bertz CT molecular complexity index is 1600. The summed E-state index contributed by atoms with van der Waals surface area (Å²) < 4.78 is 116. The Kier molecular flexibility index (Phi) is 7.32. The van der Waals surface area contributed by atoms with Gasteiger partial charge in [0.2, 0.25) is 5.82 Å². The lowest BCUT2D eigenvalue weighted by Gasteiger charge is -2.34. The summed E-state index contributed by atoms with van der Waals surface area (Å²) in [5, 5.41) is 3.75. The molecule has 0 radical (unpaired) electrons. The number of benzene rings is 2. The average Bonchev–Trinajstić information content (AvgIpc) is 3.40. The molecule has 0 aliphatic carbocycles. The molecule has 1 amide bonds. The fourth-order valence-electron chi connectivity index (χ4n) is 4.52. The molecule has 5 rings (SSSR count). The average molecular weight is 585 g/mol. The number of nitrogens with zero attached hydrogens (tertiary/aromatic N) is 5. The summed E-state index contributed by atoms with van der Waals surface area (Å²) in [5.41, 5.74) is -2.42. The van der Waals surface area contributed by atoms with Crippen molar-refractivity contribution in [2.24, 2.45) is 0 Å². The largest absolute Gasteiger partial charge is 0.497 e. The Hall–Kier alpha value is -4.27. The molecule has 0 saturated carbocycles. The first-order valence-electron chi connectivity index (χ1n) is 12.0. The van der Waals surface area contributed by atoms with Gasteiger partial charge in [0, 0.05) is 43.9 Å². The molecule has 1 fully saturated rings. The molecule has 0 unspecified atom stereocenters. The van der Waals surface area contributed by atoms with Crippen molar-refractivity contribution < 1.29 is 44.7 Å². The first-order valence-corrected chi connectivity index (χ1v) is 12.0. The minimum atomic E-state index is -4.83. The molecule has 2 aromatic carbocycles. The Morgan fingerprint density at radius 2 is 1.49 bits per heavy atom. The van der Waals surface area contributed by atoms with Crippen LogP contribution in [-0.2, 0) is 12.7 Å². The Balaban J connectivity index is 1.40. The molecule has 2 aromatic heterocycles. The number of amides is 1. The molecule has 1 aliphatic rings. The molecule has 4 aromatic rings. The molecule has 0 N–H and O–H groups in total. The van der Waals surface area contributed by atoms with E-state index in [0.29, 0.717) is 15.8 Å². The molecule has 3 heterocycles. The van der Waals surface area contributed by atoms with Crippen LogP contribution in [0.4, 0.5) is 35.1 Å². The zero-order valence-corrected chi connectivity index (χ0v) is 21.1. The molecule has 15 heteroatoms. The highest BCUT2D eigenvalue weighted by Crippen LogP contribution is 2.33. The Morgan fingerprint density at radius 1 is 0.902 bits per heavy atom. The summed E-state index contributed by atoms with van der Waals surface area (Å²) in [6.45, 7) is -0.719. The Morgan fingerprint density at radius 3 is 2.05 bits per heavy atom. The number of rotatable bonds is 5. The molecule has 0 bridgehead atoms. The molecule has 1 aliphatic heterocycles. The summed E-state index contributed by atoms with van der Waals surface area (Å²) in [4.78, 5) is 20.3. The van der Waals surface area contributed by atoms with Crippen molar-refractivity contribution in [3.8, 4) is 17.0 Å². The second kappa shape index (κ2) is 10.6. The van der Waals surface area contributed by atoms with E-state index in [9.17, 15) is 39.9 Å². The van der Waals surface area contributed by atoms with Crippen LogP contribution in [0.5, 0.6) is 5.75 Å². The zero-order valence-electron chi connectivity index (χ0n) is 21.1. The number of halogens is 8. The van der Waals surface area contributed by atoms with E-state index in [4.69, 9.17) is 4.74 Å². The molecular formula is C26H19F8N5O2. The quantitative estimate of drug-likeness (QED) is 0.186. The van der Waals surface area contributed by atoms with Gasteiger partial charge in [0.15, 0.2) is 34.6 Å². The van der Waals surface area contributed by atoms with E-state index >= 15 is 0 Å². The third kappa shape index (κ3) is 5.16. The number of fused-ring (bicyclic) bond motifs is 1. The highest BCUT2D eigenvalue weighted by Gasteiger charge is 2.37. The van der Waals surface area contributed by atoms with Gasteiger partial charge >= 0.3 is 6.18 Å². The van der Waals surface area contributed by atoms with Gasteiger partial charge in [-0.05, 0) is 30.3 Å². The van der Waals surface area contributed by atoms with Crippen molar-refractivity contribution in [2.45, 2.75) is 12.7 Å². The number of piperazine rings is 1. The van der Waals surface area contributed by atoms with Gasteiger partial charge in [0.25, 0.3) is 5.91 Å². The summed E-state index contributed by atoms with van der Waals surface area (Å²) in [6.07, 6.45) is -3.86. The van der Waals surface area contributed by atoms with Crippen LogP contribution >= 0.6 is 0 Å². The molecule has 41 heavy (non-hydrogen) atoms. The maximum absolute atomic E-state index is 14.1. The van der Waals surface area contributed by atoms with Gasteiger partial charge in [-0.1, -0.05) is 0 Å². The third-order valence-electron chi connectivity index (χ3n) is 6.72.